The van der Waals surface area contributed by atoms with Crippen LogP contribution < -0.4 is 4.72 Å². The predicted octanol–water partition coefficient (Wildman–Crippen LogP) is 5.35. The molecule has 0 amide bonds. The van der Waals surface area contributed by atoms with Crippen molar-refractivity contribution in [3.05, 3.63) is 76.1 Å². The molecule has 1 unspecified atom stereocenters. The lowest BCUT2D eigenvalue weighted by atomic mass is 9.95. The van der Waals surface area contributed by atoms with E-state index in [1.165, 1.54) is 29.9 Å². The third-order valence-corrected chi connectivity index (χ3v) is 9.61. The Kier molecular flexibility index (Phi) is 6.52. The molecule has 1 aliphatic carbocycles. The fourth-order valence-corrected chi connectivity index (χ4v) is 6.86. The topological polar surface area (TPSA) is 105 Å². The van der Waals surface area contributed by atoms with Gasteiger partial charge in [0.25, 0.3) is 0 Å². The van der Waals surface area contributed by atoms with Crippen molar-refractivity contribution in [3.8, 4) is 11.4 Å². The maximum atomic E-state index is 13.4. The van der Waals surface area contributed by atoms with E-state index in [1.54, 1.807) is 24.3 Å². The molecule has 5 rings (SSSR count). The van der Waals surface area contributed by atoms with E-state index in [1.807, 2.05) is 0 Å². The second kappa shape index (κ2) is 9.28. The Morgan fingerprint density at radius 2 is 1.84 bits per heavy atom. The number of alkyl halides is 3. The highest BCUT2D eigenvalue weighted by atomic mass is 35.5. The Balaban J connectivity index is 1.62. The number of rotatable bonds is 7. The first kappa shape index (κ1) is 26.0. The van der Waals surface area contributed by atoms with Gasteiger partial charge in [-0.1, -0.05) is 11.6 Å². The normalized spacial score (nSPS) is 17.0. The van der Waals surface area contributed by atoms with Gasteiger partial charge in [-0.05, 0) is 67.1 Å². The van der Waals surface area contributed by atoms with Crippen LogP contribution in [0.2, 0.25) is 5.02 Å². The number of hydrogen-bond donors (Lipinski definition) is 2. The van der Waals surface area contributed by atoms with Gasteiger partial charge in [0.1, 0.15) is 5.69 Å². The van der Waals surface area contributed by atoms with Crippen LogP contribution in [0, 0.1) is 0 Å². The first-order valence-corrected chi connectivity index (χ1v) is 13.9. The molecule has 1 aliphatic rings. The van der Waals surface area contributed by atoms with E-state index in [4.69, 9.17) is 11.6 Å². The summed E-state index contributed by atoms with van der Waals surface area (Å²) < 4.78 is 69.3. The number of aromatic nitrogens is 3. The van der Waals surface area contributed by atoms with Gasteiger partial charge < -0.3 is 5.11 Å². The monoisotopic (exact) mass is 568 g/mol. The smallest absolute Gasteiger partial charge is 0.376 e. The number of halogens is 4. The molecule has 4 heterocycles. The summed E-state index contributed by atoms with van der Waals surface area (Å²) in [6, 6.07) is 8.10. The zero-order valence-corrected chi connectivity index (χ0v) is 21.6. The number of aliphatic hydroxyl groups is 1. The number of nitrogens with one attached hydrogen (secondary N) is 1. The standard InChI is InChI=1S/C24H20ClF3N4O3S2/c1-23(33,24(26,27)28)14-7-10-29-17(12-14)20-22-13(6-9-31-20)11-18(36-22)21(19-16(25)3-2-8-30-19)32-37(34,35)15-4-5-15/h2-3,6-12,15,21,32-33H,4-5H2,1H3/t21-,23?/m0/s1. The van der Waals surface area contributed by atoms with Crippen molar-refractivity contribution in [2.75, 3.05) is 0 Å². The first-order valence-electron chi connectivity index (χ1n) is 11.1. The van der Waals surface area contributed by atoms with E-state index in [2.05, 4.69) is 19.7 Å². The van der Waals surface area contributed by atoms with Crippen molar-refractivity contribution in [1.82, 2.24) is 19.7 Å². The summed E-state index contributed by atoms with van der Waals surface area (Å²) in [7, 11) is -3.64. The van der Waals surface area contributed by atoms with Gasteiger partial charge in [-0.25, -0.2) is 13.1 Å². The molecule has 0 radical (unpaired) electrons. The van der Waals surface area contributed by atoms with Gasteiger partial charge in [-0.3, -0.25) is 15.0 Å². The van der Waals surface area contributed by atoms with E-state index in [-0.39, 0.29) is 16.3 Å². The molecule has 194 valence electrons. The van der Waals surface area contributed by atoms with Gasteiger partial charge in [0.05, 0.1) is 32.4 Å². The number of hydrogen-bond acceptors (Lipinski definition) is 7. The van der Waals surface area contributed by atoms with E-state index >= 15 is 0 Å². The fraction of sp³-hybridized carbons (Fsp3) is 0.292. The zero-order chi connectivity index (χ0) is 26.6. The van der Waals surface area contributed by atoms with Gasteiger partial charge in [-0.2, -0.15) is 13.2 Å². The van der Waals surface area contributed by atoms with Crippen LogP contribution in [0.5, 0.6) is 0 Å². The summed E-state index contributed by atoms with van der Waals surface area (Å²) in [5, 5.41) is 10.6. The van der Waals surface area contributed by atoms with Crippen molar-refractivity contribution >= 4 is 43.0 Å². The third-order valence-electron chi connectivity index (χ3n) is 6.16. The van der Waals surface area contributed by atoms with Gasteiger partial charge in [0.2, 0.25) is 10.0 Å². The minimum atomic E-state index is -4.89. The Morgan fingerprint density at radius 1 is 1.11 bits per heavy atom. The number of nitrogens with zero attached hydrogens (tertiary/aromatic N) is 3. The largest absolute Gasteiger partial charge is 0.421 e. The first-order chi connectivity index (χ1) is 17.4. The molecule has 0 spiro atoms. The summed E-state index contributed by atoms with van der Waals surface area (Å²) >= 11 is 7.59. The van der Waals surface area contributed by atoms with Crippen LogP contribution in [0.25, 0.3) is 21.5 Å². The van der Waals surface area contributed by atoms with E-state index < -0.39 is 33.1 Å². The van der Waals surface area contributed by atoms with Crippen LogP contribution in [-0.4, -0.2) is 39.9 Å². The lowest BCUT2D eigenvalue weighted by Gasteiger charge is -2.26. The second-order valence-corrected chi connectivity index (χ2v) is 12.4. The Bertz CT molecular complexity index is 1590. The summed E-state index contributed by atoms with van der Waals surface area (Å²) in [6.45, 7) is 0.677. The average molecular weight is 569 g/mol. The Hall–Kier alpha value is -2.64. The fourth-order valence-electron chi connectivity index (χ4n) is 3.83. The maximum Gasteiger partial charge on any atom is 0.421 e. The maximum absolute atomic E-state index is 13.4. The number of fused-ring (bicyclic) bond motifs is 1. The molecule has 2 N–H and O–H groups in total. The summed E-state index contributed by atoms with van der Waals surface area (Å²) in [5.74, 6) is 0. The minimum Gasteiger partial charge on any atom is -0.376 e. The predicted molar refractivity (Wildman–Crippen MR) is 135 cm³/mol. The van der Waals surface area contributed by atoms with Crippen molar-refractivity contribution in [2.45, 2.75) is 42.8 Å². The third kappa shape index (κ3) is 4.96. The summed E-state index contributed by atoms with van der Waals surface area (Å²) in [6.07, 6.45) is 0.434. The molecule has 1 fully saturated rings. The molecule has 1 saturated carbocycles. The molecule has 7 nitrogen and oxygen atoms in total. The van der Waals surface area contributed by atoms with Gasteiger partial charge >= 0.3 is 6.18 Å². The molecule has 37 heavy (non-hydrogen) atoms. The Labute approximate surface area is 219 Å². The Morgan fingerprint density at radius 3 is 2.51 bits per heavy atom. The second-order valence-electron chi connectivity index (χ2n) is 8.89. The van der Waals surface area contributed by atoms with Crippen LogP contribution in [0.1, 0.15) is 41.9 Å². The highest BCUT2D eigenvalue weighted by molar-refractivity contribution is 7.90. The molecule has 4 aromatic rings. The van der Waals surface area contributed by atoms with Crippen LogP contribution in [-0.2, 0) is 15.6 Å². The van der Waals surface area contributed by atoms with Crippen molar-refractivity contribution in [1.29, 1.82) is 0 Å². The number of sulfonamides is 1. The highest BCUT2D eigenvalue weighted by Gasteiger charge is 2.51. The highest BCUT2D eigenvalue weighted by Crippen LogP contribution is 2.42. The zero-order valence-electron chi connectivity index (χ0n) is 19.2. The van der Waals surface area contributed by atoms with Gasteiger partial charge in [0.15, 0.2) is 5.60 Å². The lowest BCUT2D eigenvalue weighted by Crippen LogP contribution is -2.39. The summed E-state index contributed by atoms with van der Waals surface area (Å²) in [4.78, 5) is 13.4. The molecule has 0 aromatic carbocycles. The molecule has 0 bridgehead atoms. The molecule has 2 atom stereocenters. The number of pyridine rings is 3. The van der Waals surface area contributed by atoms with E-state index in [9.17, 15) is 26.7 Å². The van der Waals surface area contributed by atoms with Crippen molar-refractivity contribution in [3.63, 3.8) is 0 Å². The van der Waals surface area contributed by atoms with Crippen molar-refractivity contribution < 1.29 is 26.7 Å². The molecule has 4 aromatic heterocycles. The molecule has 0 saturated heterocycles. The van der Waals surface area contributed by atoms with Crippen LogP contribution in [0.4, 0.5) is 13.2 Å². The van der Waals surface area contributed by atoms with E-state index in [0.29, 0.717) is 46.1 Å². The average Bonchev–Trinajstić information content (AvgIpc) is 3.62. The molecule has 0 aliphatic heterocycles. The van der Waals surface area contributed by atoms with Crippen LogP contribution in [0.15, 0.2) is 55.0 Å². The number of thiophene rings is 1. The molecular weight excluding hydrogens is 549 g/mol. The molecule has 13 heteroatoms. The van der Waals surface area contributed by atoms with Crippen LogP contribution >= 0.6 is 22.9 Å². The van der Waals surface area contributed by atoms with Gasteiger partial charge in [0, 0.05) is 23.5 Å². The van der Waals surface area contributed by atoms with Gasteiger partial charge in [-0.15, -0.1) is 11.3 Å². The molecular formula is C24H20ClF3N4O3S2. The van der Waals surface area contributed by atoms with Crippen LogP contribution in [0.3, 0.4) is 0 Å². The SMILES string of the molecule is CC(O)(c1ccnc(-c2nccc3cc([C@H](NS(=O)(=O)C4CC4)c4ncccc4Cl)sc23)c1)C(F)(F)F. The van der Waals surface area contributed by atoms with E-state index in [0.717, 1.165) is 12.1 Å². The van der Waals surface area contributed by atoms with Crippen molar-refractivity contribution in [2.24, 2.45) is 0 Å². The lowest BCUT2D eigenvalue weighted by molar-refractivity contribution is -0.258. The quantitative estimate of drug-likeness (QED) is 0.311. The minimum absolute atomic E-state index is 0.131. The summed E-state index contributed by atoms with van der Waals surface area (Å²) in [5.41, 5.74) is -2.70.